The number of nitrogens with zero attached hydrogens (tertiary/aromatic N) is 2. The molecule has 0 atom stereocenters. The van der Waals surface area contributed by atoms with Gasteiger partial charge in [-0.3, -0.25) is 0 Å². The maximum atomic E-state index is 5.68. The van der Waals surface area contributed by atoms with Crippen LogP contribution < -0.4 is 5.73 Å². The summed E-state index contributed by atoms with van der Waals surface area (Å²) in [5, 5.41) is 3.83. The number of thiazole rings is 2. The lowest BCUT2D eigenvalue weighted by Gasteiger charge is -1.93. The molecule has 0 aliphatic rings. The number of rotatable bonds is 5. The second-order valence-corrected chi connectivity index (χ2v) is 6.69. The number of nitrogens with two attached hydrogens (primary N) is 1. The molecular weight excluding hydrogens is 270 g/mol. The minimum Gasteiger partial charge on any atom is -0.375 e. The highest BCUT2D eigenvalue weighted by molar-refractivity contribution is 7.98. The zero-order chi connectivity index (χ0) is 12.3. The molecule has 0 aliphatic carbocycles. The van der Waals surface area contributed by atoms with Crippen LogP contribution in [0.15, 0.2) is 5.38 Å². The Labute approximate surface area is 113 Å². The van der Waals surface area contributed by atoms with E-state index in [-0.39, 0.29) is 0 Å². The fourth-order valence-electron chi connectivity index (χ4n) is 1.48. The van der Waals surface area contributed by atoms with Crippen molar-refractivity contribution in [1.82, 2.24) is 9.97 Å². The molecule has 0 radical (unpaired) electrons. The highest BCUT2D eigenvalue weighted by Crippen LogP contribution is 2.33. The molecule has 0 saturated heterocycles. The van der Waals surface area contributed by atoms with E-state index < -0.39 is 0 Å². The number of nitrogen functional groups attached to an aromatic ring is 1. The SMILES string of the molecule is CCSCc1nc(CC)c(-c2csc(N)n2)s1. The standard InChI is InChI=1S/C11H15N3S3/c1-3-7-10(8-5-16-11(12)14-8)17-9(13-7)6-15-4-2/h5H,3-4,6H2,1-2H3,(H2,12,14). The van der Waals surface area contributed by atoms with Crippen LogP contribution in [0, 0.1) is 0 Å². The van der Waals surface area contributed by atoms with Crippen molar-refractivity contribution in [3.8, 4) is 10.6 Å². The molecule has 2 aromatic heterocycles. The molecule has 0 unspecified atom stereocenters. The van der Waals surface area contributed by atoms with Crippen LogP contribution in [0.2, 0.25) is 0 Å². The van der Waals surface area contributed by atoms with Crippen LogP contribution in [0.5, 0.6) is 0 Å². The van der Waals surface area contributed by atoms with Crippen LogP contribution in [0.3, 0.4) is 0 Å². The maximum Gasteiger partial charge on any atom is 0.180 e. The third kappa shape index (κ3) is 3.00. The summed E-state index contributed by atoms with van der Waals surface area (Å²) >= 11 is 5.13. The first-order valence-electron chi connectivity index (χ1n) is 5.52. The lowest BCUT2D eigenvalue weighted by Crippen LogP contribution is -1.86. The van der Waals surface area contributed by atoms with Gasteiger partial charge in [-0.2, -0.15) is 11.8 Å². The van der Waals surface area contributed by atoms with Crippen molar-refractivity contribution in [2.45, 2.75) is 26.0 Å². The Morgan fingerprint density at radius 2 is 2.18 bits per heavy atom. The van der Waals surface area contributed by atoms with Crippen LogP contribution in [0.1, 0.15) is 24.5 Å². The molecule has 2 heterocycles. The summed E-state index contributed by atoms with van der Waals surface area (Å²) in [7, 11) is 0. The van der Waals surface area contributed by atoms with Gasteiger partial charge in [0.2, 0.25) is 0 Å². The van der Waals surface area contributed by atoms with Gasteiger partial charge in [0.1, 0.15) is 5.01 Å². The molecular formula is C11H15N3S3. The van der Waals surface area contributed by atoms with Gasteiger partial charge in [-0.05, 0) is 12.2 Å². The minimum absolute atomic E-state index is 0.625. The predicted octanol–water partition coefficient (Wildman–Crippen LogP) is 3.66. The molecule has 0 aromatic carbocycles. The van der Waals surface area contributed by atoms with Crippen molar-refractivity contribution in [2.75, 3.05) is 11.5 Å². The predicted molar refractivity (Wildman–Crippen MR) is 78.8 cm³/mol. The van der Waals surface area contributed by atoms with Crippen molar-refractivity contribution in [1.29, 1.82) is 0 Å². The Morgan fingerprint density at radius 1 is 1.35 bits per heavy atom. The van der Waals surface area contributed by atoms with Gasteiger partial charge >= 0.3 is 0 Å². The van der Waals surface area contributed by atoms with E-state index >= 15 is 0 Å². The zero-order valence-corrected chi connectivity index (χ0v) is 12.3. The number of anilines is 1. The first kappa shape index (κ1) is 12.9. The van der Waals surface area contributed by atoms with E-state index in [1.54, 1.807) is 11.3 Å². The molecule has 0 bridgehead atoms. The Morgan fingerprint density at radius 3 is 2.76 bits per heavy atom. The van der Waals surface area contributed by atoms with Gasteiger partial charge in [0.05, 0.1) is 16.3 Å². The van der Waals surface area contributed by atoms with Crippen molar-refractivity contribution in [3.05, 3.63) is 16.1 Å². The molecule has 0 spiro atoms. The van der Waals surface area contributed by atoms with Gasteiger partial charge in [-0.25, -0.2) is 9.97 Å². The topological polar surface area (TPSA) is 51.8 Å². The van der Waals surface area contributed by atoms with E-state index in [9.17, 15) is 0 Å². The number of hydrogen-bond acceptors (Lipinski definition) is 6. The highest BCUT2D eigenvalue weighted by Gasteiger charge is 2.13. The summed E-state index contributed by atoms with van der Waals surface area (Å²) in [6.45, 7) is 4.30. The summed E-state index contributed by atoms with van der Waals surface area (Å²) in [4.78, 5) is 10.2. The molecule has 0 saturated carbocycles. The van der Waals surface area contributed by atoms with Crippen LogP contribution in [-0.4, -0.2) is 15.7 Å². The van der Waals surface area contributed by atoms with E-state index in [1.165, 1.54) is 21.2 Å². The van der Waals surface area contributed by atoms with Crippen molar-refractivity contribution >= 4 is 39.6 Å². The van der Waals surface area contributed by atoms with Crippen molar-refractivity contribution in [2.24, 2.45) is 0 Å². The third-order valence-corrected chi connectivity index (χ3v) is 5.12. The fourth-order valence-corrected chi connectivity index (χ4v) is 3.95. The number of hydrogen-bond donors (Lipinski definition) is 1. The smallest absolute Gasteiger partial charge is 0.180 e. The Balaban J connectivity index is 2.29. The van der Waals surface area contributed by atoms with Crippen molar-refractivity contribution in [3.63, 3.8) is 0 Å². The monoisotopic (exact) mass is 285 g/mol. The summed E-state index contributed by atoms with van der Waals surface area (Å²) in [5.41, 5.74) is 7.81. The summed E-state index contributed by atoms with van der Waals surface area (Å²) < 4.78 is 0. The molecule has 2 N–H and O–H groups in total. The van der Waals surface area contributed by atoms with Crippen LogP contribution in [0.25, 0.3) is 10.6 Å². The van der Waals surface area contributed by atoms with Gasteiger partial charge in [0.15, 0.2) is 5.13 Å². The van der Waals surface area contributed by atoms with Gasteiger partial charge in [0, 0.05) is 11.1 Å². The number of aryl methyl sites for hydroxylation is 1. The Hall–Kier alpha value is -0.590. The van der Waals surface area contributed by atoms with E-state index in [0.717, 1.165) is 29.3 Å². The van der Waals surface area contributed by atoms with Crippen LogP contribution in [0.4, 0.5) is 5.13 Å². The number of thioether (sulfide) groups is 1. The lowest BCUT2D eigenvalue weighted by molar-refractivity contribution is 1.04. The Kier molecular flexibility index (Phi) is 4.42. The van der Waals surface area contributed by atoms with E-state index in [1.807, 2.05) is 17.1 Å². The van der Waals surface area contributed by atoms with Crippen LogP contribution in [-0.2, 0) is 12.2 Å². The summed E-state index contributed by atoms with van der Waals surface area (Å²) in [6, 6.07) is 0. The van der Waals surface area contributed by atoms with Gasteiger partial charge in [-0.1, -0.05) is 13.8 Å². The highest BCUT2D eigenvalue weighted by atomic mass is 32.2. The van der Waals surface area contributed by atoms with Crippen LogP contribution >= 0.6 is 34.4 Å². The van der Waals surface area contributed by atoms with Gasteiger partial charge in [0.25, 0.3) is 0 Å². The summed E-state index contributed by atoms with van der Waals surface area (Å²) in [6.07, 6.45) is 0.945. The normalized spacial score (nSPS) is 10.9. The lowest BCUT2D eigenvalue weighted by atomic mass is 10.2. The molecule has 3 nitrogen and oxygen atoms in total. The van der Waals surface area contributed by atoms with E-state index in [4.69, 9.17) is 5.73 Å². The van der Waals surface area contributed by atoms with Gasteiger partial charge < -0.3 is 5.73 Å². The maximum absolute atomic E-state index is 5.68. The molecule has 17 heavy (non-hydrogen) atoms. The Bertz CT molecular complexity index is 490. The van der Waals surface area contributed by atoms with E-state index in [0.29, 0.717) is 5.13 Å². The fraction of sp³-hybridized carbons (Fsp3) is 0.455. The first-order chi connectivity index (χ1) is 8.24. The zero-order valence-electron chi connectivity index (χ0n) is 9.90. The quantitative estimate of drug-likeness (QED) is 0.910. The molecule has 6 heteroatoms. The molecule has 0 amide bonds. The summed E-state index contributed by atoms with van der Waals surface area (Å²) in [5.74, 6) is 2.12. The van der Waals surface area contributed by atoms with Gasteiger partial charge in [-0.15, -0.1) is 22.7 Å². The minimum atomic E-state index is 0.625. The second-order valence-electron chi connectivity index (χ2n) is 3.45. The average molecular weight is 285 g/mol. The molecule has 0 aliphatic heterocycles. The molecule has 0 fully saturated rings. The largest absolute Gasteiger partial charge is 0.375 e. The molecule has 2 rings (SSSR count). The molecule has 92 valence electrons. The van der Waals surface area contributed by atoms with Crippen molar-refractivity contribution < 1.29 is 0 Å². The number of aromatic nitrogens is 2. The molecule has 2 aromatic rings. The van der Waals surface area contributed by atoms with E-state index in [2.05, 4.69) is 23.8 Å². The second kappa shape index (κ2) is 5.84. The average Bonchev–Trinajstić information content (AvgIpc) is 2.92. The third-order valence-electron chi connectivity index (χ3n) is 2.26. The first-order valence-corrected chi connectivity index (χ1v) is 8.37.